The van der Waals surface area contributed by atoms with Gasteiger partial charge in [0, 0.05) is 37.8 Å². The number of ether oxygens (including phenoxy) is 1. The molecule has 0 bridgehead atoms. The maximum Gasteiger partial charge on any atom is 0.165 e. The van der Waals surface area contributed by atoms with Gasteiger partial charge in [0.2, 0.25) is 0 Å². The van der Waals surface area contributed by atoms with Crippen molar-refractivity contribution in [1.29, 1.82) is 0 Å². The Morgan fingerprint density at radius 2 is 1.88 bits per heavy atom. The van der Waals surface area contributed by atoms with Crippen LogP contribution in [0.2, 0.25) is 0 Å². The Morgan fingerprint density at radius 3 is 2.67 bits per heavy atom. The molecule has 0 aromatic heterocycles. The Hall–Kier alpha value is -3.29. The first-order valence-corrected chi connectivity index (χ1v) is 14.6. The van der Waals surface area contributed by atoms with Crippen LogP contribution in [-0.2, 0) is 6.54 Å². The van der Waals surface area contributed by atoms with Crippen LogP contribution in [0.25, 0.3) is 0 Å². The van der Waals surface area contributed by atoms with Crippen LogP contribution in [0.5, 0.6) is 11.5 Å². The van der Waals surface area contributed by atoms with E-state index in [1.165, 1.54) is 36.5 Å². The number of nitrogens with zero attached hydrogens (tertiary/aromatic N) is 2. The highest BCUT2D eigenvalue weighted by atomic mass is 19.1. The summed E-state index contributed by atoms with van der Waals surface area (Å²) in [5, 5.41) is 30.4. The van der Waals surface area contributed by atoms with Crippen molar-refractivity contribution in [3.63, 3.8) is 0 Å². The van der Waals surface area contributed by atoms with Crippen LogP contribution in [0.4, 0.5) is 10.1 Å². The molecule has 5 rings (SSSR count). The van der Waals surface area contributed by atoms with Gasteiger partial charge in [0.05, 0.1) is 12.4 Å². The van der Waals surface area contributed by atoms with Crippen LogP contribution in [0.1, 0.15) is 62.0 Å². The predicted octanol–water partition coefficient (Wildman–Crippen LogP) is 6.36. The van der Waals surface area contributed by atoms with E-state index in [9.17, 15) is 15.3 Å². The second-order valence-electron chi connectivity index (χ2n) is 11.1. The van der Waals surface area contributed by atoms with E-state index in [-0.39, 0.29) is 29.8 Å². The Morgan fingerprint density at radius 1 is 1.02 bits per heavy atom. The molecule has 0 saturated carbocycles. The third-order valence-electron chi connectivity index (χ3n) is 8.28. The number of aliphatic hydroxyl groups is 2. The normalized spacial score (nSPS) is 19.6. The van der Waals surface area contributed by atoms with Crippen molar-refractivity contribution in [3.05, 3.63) is 88.5 Å². The number of hydrogen-bond donors (Lipinski definition) is 3. The van der Waals surface area contributed by atoms with Gasteiger partial charge in [0.25, 0.3) is 0 Å². The fourth-order valence-corrected chi connectivity index (χ4v) is 6.18. The van der Waals surface area contributed by atoms with Gasteiger partial charge in [-0.25, -0.2) is 4.39 Å². The molecule has 1 aliphatic heterocycles. The number of likely N-dealkylation sites (tertiary alicyclic amines) is 1. The summed E-state index contributed by atoms with van der Waals surface area (Å²) < 4.78 is 20.8. The molecule has 6 nitrogen and oxygen atoms in total. The molecule has 0 amide bonds. The minimum absolute atomic E-state index is 0.0674. The van der Waals surface area contributed by atoms with Crippen molar-refractivity contribution >= 4 is 5.69 Å². The third kappa shape index (κ3) is 7.07. The van der Waals surface area contributed by atoms with Gasteiger partial charge < -0.3 is 25.0 Å². The summed E-state index contributed by atoms with van der Waals surface area (Å²) in [5.74, 6) is 0.643. The molecule has 1 unspecified atom stereocenters. The Labute approximate surface area is 236 Å². The topological polar surface area (TPSA) is 76.4 Å². The maximum absolute atomic E-state index is 15.0. The summed E-state index contributed by atoms with van der Waals surface area (Å²) in [6.45, 7) is 4.10. The molecule has 3 aliphatic rings. The molecule has 1 heterocycles. The first kappa shape index (κ1) is 28.2. The van der Waals surface area contributed by atoms with Crippen molar-refractivity contribution in [1.82, 2.24) is 4.90 Å². The Kier molecular flexibility index (Phi) is 9.45. The molecule has 214 valence electrons. The molecule has 7 heteroatoms. The predicted molar refractivity (Wildman–Crippen MR) is 157 cm³/mol. The van der Waals surface area contributed by atoms with Crippen LogP contribution in [0, 0.1) is 5.82 Å². The number of rotatable bonds is 10. The molecule has 0 spiro atoms. The molecule has 1 atom stereocenters. The standard InChI is InChI=1S/C33H41FN2O4/c34-31-19-24(7-12-33(31)40-18-16-35-13-2-1-3-14-35)23-36(15-17-37)32-22-29(39)10-11-30(32)27-9-8-26-21-28(38)6-4-5-25(26)20-27/h4-5,7,10-12,19,21-22,27,37-39H,1-3,6,8-9,13-18,20,23H2. The van der Waals surface area contributed by atoms with Crippen molar-refractivity contribution < 1.29 is 24.4 Å². The van der Waals surface area contributed by atoms with E-state index in [1.54, 1.807) is 18.2 Å². The monoisotopic (exact) mass is 548 g/mol. The summed E-state index contributed by atoms with van der Waals surface area (Å²) >= 11 is 0. The summed E-state index contributed by atoms with van der Waals surface area (Å²) in [6, 6.07) is 10.5. The van der Waals surface area contributed by atoms with Crippen molar-refractivity contribution in [2.75, 3.05) is 44.3 Å². The minimum atomic E-state index is -0.389. The molecule has 2 aromatic carbocycles. The van der Waals surface area contributed by atoms with Crippen LogP contribution in [0.3, 0.4) is 0 Å². The lowest BCUT2D eigenvalue weighted by molar-refractivity contribution is 0.180. The Bertz CT molecular complexity index is 1270. The molecule has 2 aromatic rings. The smallest absolute Gasteiger partial charge is 0.165 e. The number of piperidine rings is 1. The number of allylic oxidation sites excluding steroid dienone is 5. The highest BCUT2D eigenvalue weighted by molar-refractivity contribution is 5.60. The zero-order chi connectivity index (χ0) is 27.9. The zero-order valence-electron chi connectivity index (χ0n) is 23.2. The number of hydrogen-bond acceptors (Lipinski definition) is 6. The van der Waals surface area contributed by atoms with Crippen molar-refractivity contribution in [3.8, 4) is 11.5 Å². The van der Waals surface area contributed by atoms with E-state index in [0.717, 1.165) is 55.7 Å². The molecular formula is C33H41FN2O4. The molecule has 1 saturated heterocycles. The highest BCUT2D eigenvalue weighted by Gasteiger charge is 2.26. The van der Waals surface area contributed by atoms with E-state index >= 15 is 4.39 Å². The fourth-order valence-electron chi connectivity index (χ4n) is 6.18. The number of aromatic hydroxyl groups is 1. The summed E-state index contributed by atoms with van der Waals surface area (Å²) in [6.07, 6.45) is 12.9. The molecule has 0 radical (unpaired) electrons. The SMILES string of the molecule is OCCN(Cc1ccc(OCCN2CCCCC2)c(F)c1)c1cc(O)ccc1C1CCC2=C(C=CCC(O)=C2)C1. The van der Waals surface area contributed by atoms with Crippen LogP contribution in [0.15, 0.2) is 71.5 Å². The molecule has 1 fully saturated rings. The van der Waals surface area contributed by atoms with Gasteiger partial charge in [0.1, 0.15) is 12.4 Å². The average Bonchev–Trinajstić information content (AvgIpc) is 3.14. The maximum atomic E-state index is 15.0. The highest BCUT2D eigenvalue weighted by Crippen LogP contribution is 2.43. The molecule has 3 N–H and O–H groups in total. The lowest BCUT2D eigenvalue weighted by atomic mass is 9.79. The number of phenols is 1. The van der Waals surface area contributed by atoms with Gasteiger partial charge in [-0.1, -0.05) is 30.7 Å². The van der Waals surface area contributed by atoms with E-state index < -0.39 is 0 Å². The van der Waals surface area contributed by atoms with Gasteiger partial charge in [-0.2, -0.15) is 0 Å². The molecule has 40 heavy (non-hydrogen) atoms. The van der Waals surface area contributed by atoms with E-state index in [1.807, 2.05) is 29.2 Å². The second-order valence-corrected chi connectivity index (χ2v) is 11.1. The molecular weight excluding hydrogens is 507 g/mol. The first-order valence-electron chi connectivity index (χ1n) is 14.6. The number of benzene rings is 2. The van der Waals surface area contributed by atoms with Gasteiger partial charge >= 0.3 is 0 Å². The second kappa shape index (κ2) is 13.4. The fraction of sp³-hybridized carbons (Fsp3) is 0.455. The summed E-state index contributed by atoms with van der Waals surface area (Å²) in [7, 11) is 0. The van der Waals surface area contributed by atoms with Crippen molar-refractivity contribution in [2.24, 2.45) is 0 Å². The largest absolute Gasteiger partial charge is 0.512 e. The summed E-state index contributed by atoms with van der Waals surface area (Å²) in [4.78, 5) is 4.38. The zero-order valence-corrected chi connectivity index (χ0v) is 23.2. The number of halogens is 1. The number of phenolic OH excluding ortho intramolecular Hbond substituents is 1. The minimum Gasteiger partial charge on any atom is -0.512 e. The number of anilines is 1. The van der Waals surface area contributed by atoms with Gasteiger partial charge in [-0.05, 0) is 97.7 Å². The average molecular weight is 549 g/mol. The van der Waals surface area contributed by atoms with Crippen LogP contribution >= 0.6 is 0 Å². The summed E-state index contributed by atoms with van der Waals surface area (Å²) in [5.41, 5.74) is 5.13. The lowest BCUT2D eigenvalue weighted by Crippen LogP contribution is -2.33. The van der Waals surface area contributed by atoms with Gasteiger partial charge in [-0.3, -0.25) is 4.90 Å². The van der Waals surface area contributed by atoms with E-state index in [2.05, 4.69) is 11.0 Å². The van der Waals surface area contributed by atoms with E-state index in [0.29, 0.717) is 31.9 Å². The lowest BCUT2D eigenvalue weighted by Gasteiger charge is -2.32. The Balaban J connectivity index is 1.31. The van der Waals surface area contributed by atoms with Gasteiger partial charge in [0.15, 0.2) is 11.6 Å². The van der Waals surface area contributed by atoms with Crippen LogP contribution < -0.4 is 9.64 Å². The van der Waals surface area contributed by atoms with Crippen molar-refractivity contribution in [2.45, 2.75) is 57.4 Å². The third-order valence-corrected chi connectivity index (χ3v) is 8.28. The quantitative estimate of drug-likeness (QED) is 0.321. The van der Waals surface area contributed by atoms with E-state index in [4.69, 9.17) is 4.74 Å². The van der Waals surface area contributed by atoms with Crippen LogP contribution in [-0.4, -0.2) is 59.6 Å². The van der Waals surface area contributed by atoms with Gasteiger partial charge in [-0.15, -0.1) is 0 Å². The first-order chi connectivity index (χ1) is 19.5. The molecule has 2 aliphatic carbocycles. The number of aliphatic hydroxyl groups excluding tert-OH is 2.